The molecular formula is C19H19N3O2. The number of carbonyl (C=O) groups is 1. The standard InChI is InChI=1S/C19H19N3O2/c1-3-24-14(2)20-19-21-16-11-7-8-12-17(16)22(19)18(23)13-15-9-5-4-6-10-15/h4-12H,3,13H2,1-2H3/b20-14-. The molecule has 3 aromatic rings. The van der Waals surface area contributed by atoms with Crippen LogP contribution in [-0.4, -0.2) is 28.0 Å². The van der Waals surface area contributed by atoms with E-state index in [4.69, 9.17) is 4.74 Å². The van der Waals surface area contributed by atoms with Crippen molar-refractivity contribution in [2.24, 2.45) is 4.99 Å². The molecule has 1 aromatic heterocycles. The Morgan fingerprint density at radius 3 is 2.58 bits per heavy atom. The van der Waals surface area contributed by atoms with Gasteiger partial charge in [0.15, 0.2) is 5.90 Å². The molecule has 0 aliphatic rings. The van der Waals surface area contributed by atoms with Crippen molar-refractivity contribution in [2.45, 2.75) is 20.3 Å². The number of rotatable bonds is 4. The van der Waals surface area contributed by atoms with Crippen molar-refractivity contribution >= 4 is 28.8 Å². The summed E-state index contributed by atoms with van der Waals surface area (Å²) in [4.78, 5) is 21.7. The largest absolute Gasteiger partial charge is 0.481 e. The van der Waals surface area contributed by atoms with E-state index in [0.29, 0.717) is 18.5 Å². The fourth-order valence-electron chi connectivity index (χ4n) is 2.57. The third-order valence-corrected chi connectivity index (χ3v) is 3.60. The lowest BCUT2D eigenvalue weighted by molar-refractivity contribution is 0.0921. The van der Waals surface area contributed by atoms with E-state index in [-0.39, 0.29) is 12.3 Å². The highest BCUT2D eigenvalue weighted by molar-refractivity contribution is 5.95. The van der Waals surface area contributed by atoms with Gasteiger partial charge in [-0.1, -0.05) is 42.5 Å². The van der Waals surface area contributed by atoms with E-state index in [9.17, 15) is 4.79 Å². The molecule has 0 radical (unpaired) electrons. The molecule has 0 saturated carbocycles. The van der Waals surface area contributed by atoms with Gasteiger partial charge in [-0.15, -0.1) is 0 Å². The van der Waals surface area contributed by atoms with E-state index in [1.54, 1.807) is 11.5 Å². The number of para-hydroxylation sites is 2. The summed E-state index contributed by atoms with van der Waals surface area (Å²) >= 11 is 0. The molecule has 24 heavy (non-hydrogen) atoms. The molecule has 0 amide bonds. The van der Waals surface area contributed by atoms with Crippen LogP contribution in [0.4, 0.5) is 5.95 Å². The van der Waals surface area contributed by atoms with E-state index in [1.807, 2.05) is 61.5 Å². The number of carbonyl (C=O) groups excluding carboxylic acids is 1. The van der Waals surface area contributed by atoms with Gasteiger partial charge in [-0.3, -0.25) is 4.79 Å². The van der Waals surface area contributed by atoms with Crippen LogP contribution in [0.15, 0.2) is 59.6 Å². The Morgan fingerprint density at radius 1 is 1.12 bits per heavy atom. The molecule has 2 aromatic carbocycles. The normalized spacial score (nSPS) is 11.7. The van der Waals surface area contributed by atoms with Crippen molar-refractivity contribution in [1.82, 2.24) is 9.55 Å². The first-order valence-corrected chi connectivity index (χ1v) is 7.91. The zero-order valence-electron chi connectivity index (χ0n) is 13.8. The highest BCUT2D eigenvalue weighted by Crippen LogP contribution is 2.22. The summed E-state index contributed by atoms with van der Waals surface area (Å²) in [7, 11) is 0. The number of aromatic nitrogens is 2. The van der Waals surface area contributed by atoms with Gasteiger partial charge in [-0.25, -0.2) is 9.55 Å². The monoisotopic (exact) mass is 321 g/mol. The molecule has 0 aliphatic carbocycles. The van der Waals surface area contributed by atoms with Gasteiger partial charge in [0.05, 0.1) is 24.1 Å². The van der Waals surface area contributed by atoms with E-state index in [0.717, 1.165) is 16.6 Å². The number of hydrogen-bond acceptors (Lipinski definition) is 4. The van der Waals surface area contributed by atoms with E-state index in [1.165, 1.54) is 0 Å². The van der Waals surface area contributed by atoms with E-state index in [2.05, 4.69) is 9.98 Å². The van der Waals surface area contributed by atoms with Crippen molar-refractivity contribution < 1.29 is 9.53 Å². The molecule has 0 spiro atoms. The number of nitrogens with zero attached hydrogens (tertiary/aromatic N) is 3. The summed E-state index contributed by atoms with van der Waals surface area (Å²) in [6, 6.07) is 17.2. The topological polar surface area (TPSA) is 56.5 Å². The van der Waals surface area contributed by atoms with Crippen LogP contribution in [0.25, 0.3) is 11.0 Å². The van der Waals surface area contributed by atoms with Gasteiger partial charge in [0.2, 0.25) is 11.9 Å². The maximum atomic E-state index is 12.9. The molecule has 5 heteroatoms. The fraction of sp³-hybridized carbons (Fsp3) is 0.211. The number of imidazole rings is 1. The van der Waals surface area contributed by atoms with Crippen molar-refractivity contribution in [3.8, 4) is 0 Å². The quantitative estimate of drug-likeness (QED) is 0.539. The van der Waals surface area contributed by atoms with Crippen LogP contribution >= 0.6 is 0 Å². The fourth-order valence-corrected chi connectivity index (χ4v) is 2.57. The number of hydrogen-bond donors (Lipinski definition) is 0. The maximum Gasteiger partial charge on any atom is 0.240 e. The Morgan fingerprint density at radius 2 is 1.83 bits per heavy atom. The number of ether oxygens (including phenoxy) is 1. The van der Waals surface area contributed by atoms with Gasteiger partial charge in [0.25, 0.3) is 0 Å². The minimum atomic E-state index is -0.0713. The smallest absolute Gasteiger partial charge is 0.240 e. The zero-order chi connectivity index (χ0) is 16.9. The molecular weight excluding hydrogens is 302 g/mol. The van der Waals surface area contributed by atoms with Crippen molar-refractivity contribution in [3.05, 3.63) is 60.2 Å². The molecule has 5 nitrogen and oxygen atoms in total. The minimum Gasteiger partial charge on any atom is -0.481 e. The average molecular weight is 321 g/mol. The van der Waals surface area contributed by atoms with Crippen LogP contribution in [0.1, 0.15) is 24.2 Å². The second-order valence-electron chi connectivity index (χ2n) is 5.36. The van der Waals surface area contributed by atoms with Crippen LogP contribution in [0.3, 0.4) is 0 Å². The minimum absolute atomic E-state index is 0.0713. The summed E-state index contributed by atoms with van der Waals surface area (Å²) in [5.74, 6) is 0.766. The molecule has 0 atom stereocenters. The third kappa shape index (κ3) is 3.35. The van der Waals surface area contributed by atoms with Gasteiger partial charge in [0, 0.05) is 6.92 Å². The second kappa shape index (κ2) is 7.08. The number of benzene rings is 2. The van der Waals surface area contributed by atoms with Crippen LogP contribution in [0.2, 0.25) is 0 Å². The van der Waals surface area contributed by atoms with Gasteiger partial charge in [-0.2, -0.15) is 4.99 Å². The SMILES string of the molecule is CCO/C(C)=N\c1nc2ccccc2n1C(=O)Cc1ccccc1. The second-order valence-corrected chi connectivity index (χ2v) is 5.36. The Labute approximate surface area is 140 Å². The van der Waals surface area contributed by atoms with Crippen LogP contribution in [0, 0.1) is 0 Å². The zero-order valence-corrected chi connectivity index (χ0v) is 13.8. The molecule has 0 saturated heterocycles. The van der Waals surface area contributed by atoms with E-state index >= 15 is 0 Å². The molecule has 3 rings (SSSR count). The molecule has 0 aliphatic heterocycles. The molecule has 1 heterocycles. The number of aliphatic imine (C=N–C) groups is 1. The lowest BCUT2D eigenvalue weighted by Crippen LogP contribution is -2.13. The first kappa shape index (κ1) is 15.9. The Balaban J connectivity index is 2.04. The van der Waals surface area contributed by atoms with Crippen LogP contribution in [0.5, 0.6) is 0 Å². The van der Waals surface area contributed by atoms with Gasteiger partial charge in [-0.05, 0) is 24.6 Å². The predicted octanol–water partition coefficient (Wildman–Crippen LogP) is 4.01. The van der Waals surface area contributed by atoms with Gasteiger partial charge < -0.3 is 4.74 Å². The first-order valence-electron chi connectivity index (χ1n) is 7.91. The highest BCUT2D eigenvalue weighted by Gasteiger charge is 2.17. The molecule has 0 bridgehead atoms. The molecule has 0 fully saturated rings. The summed E-state index contributed by atoms with van der Waals surface area (Å²) < 4.78 is 6.94. The number of fused-ring (bicyclic) bond motifs is 1. The average Bonchev–Trinajstić information content (AvgIpc) is 2.93. The highest BCUT2D eigenvalue weighted by atomic mass is 16.5. The Bertz CT molecular complexity index is 882. The van der Waals surface area contributed by atoms with Gasteiger partial charge in [0.1, 0.15) is 0 Å². The van der Waals surface area contributed by atoms with Crippen molar-refractivity contribution in [3.63, 3.8) is 0 Å². The lowest BCUT2D eigenvalue weighted by atomic mass is 10.1. The van der Waals surface area contributed by atoms with E-state index < -0.39 is 0 Å². The van der Waals surface area contributed by atoms with Crippen LogP contribution in [-0.2, 0) is 11.2 Å². The summed E-state index contributed by atoms with van der Waals surface area (Å²) in [5, 5.41) is 0. The molecule has 0 N–H and O–H groups in total. The molecule has 122 valence electrons. The third-order valence-electron chi connectivity index (χ3n) is 3.60. The Hall–Kier alpha value is -2.95. The summed E-state index contributed by atoms with van der Waals surface area (Å²) in [6.07, 6.45) is 0.289. The molecule has 0 unspecified atom stereocenters. The van der Waals surface area contributed by atoms with Crippen molar-refractivity contribution in [1.29, 1.82) is 0 Å². The first-order chi connectivity index (χ1) is 11.7. The van der Waals surface area contributed by atoms with Crippen LogP contribution < -0.4 is 0 Å². The lowest BCUT2D eigenvalue weighted by Gasteiger charge is -2.06. The maximum absolute atomic E-state index is 12.9. The summed E-state index contributed by atoms with van der Waals surface area (Å²) in [5.41, 5.74) is 2.44. The predicted molar refractivity (Wildman–Crippen MR) is 94.9 cm³/mol. The summed E-state index contributed by atoms with van der Waals surface area (Å²) in [6.45, 7) is 4.17. The van der Waals surface area contributed by atoms with Crippen molar-refractivity contribution in [2.75, 3.05) is 6.61 Å². The van der Waals surface area contributed by atoms with Gasteiger partial charge >= 0.3 is 0 Å². The Kier molecular flexibility index (Phi) is 4.70.